The number of hydrogen-bond donors (Lipinski definition) is 1. The summed E-state index contributed by atoms with van der Waals surface area (Å²) in [5, 5.41) is 9.05. The van der Waals surface area contributed by atoms with Gasteiger partial charge in [0.05, 0.1) is 6.54 Å². The van der Waals surface area contributed by atoms with E-state index in [1.54, 1.807) is 0 Å². The van der Waals surface area contributed by atoms with Crippen LogP contribution < -0.4 is 0 Å². The summed E-state index contributed by atoms with van der Waals surface area (Å²) in [4.78, 5) is 1.50. The van der Waals surface area contributed by atoms with Gasteiger partial charge in [-0.15, -0.1) is 6.42 Å². The Kier molecular flexibility index (Phi) is 3.40. The molecule has 0 aromatic carbocycles. The van der Waals surface area contributed by atoms with Gasteiger partial charge in [-0.3, -0.25) is 4.90 Å². The van der Waals surface area contributed by atoms with Crippen LogP contribution in [0.15, 0.2) is 0 Å². The molecule has 1 aliphatic heterocycles. The molecule has 0 amide bonds. The normalized spacial score (nSPS) is 26.1. The van der Waals surface area contributed by atoms with Gasteiger partial charge in [0, 0.05) is 6.04 Å². The van der Waals surface area contributed by atoms with Crippen molar-refractivity contribution < 1.29 is 18.3 Å². The summed E-state index contributed by atoms with van der Waals surface area (Å²) in [7, 11) is 0. The van der Waals surface area contributed by atoms with Gasteiger partial charge in [0.2, 0.25) is 0 Å². The number of alkyl halides is 3. The van der Waals surface area contributed by atoms with Gasteiger partial charge in [0.1, 0.15) is 0 Å². The lowest BCUT2D eigenvalue weighted by atomic mass is 10.1. The van der Waals surface area contributed by atoms with Crippen LogP contribution in [0, 0.1) is 12.3 Å². The number of nitrogens with zero attached hydrogens (tertiary/aromatic N) is 1. The van der Waals surface area contributed by atoms with Gasteiger partial charge >= 0.3 is 6.18 Å². The smallest absolute Gasteiger partial charge is 0.382 e. The molecule has 1 heterocycles. The van der Waals surface area contributed by atoms with Gasteiger partial charge in [-0.05, 0) is 19.4 Å². The van der Waals surface area contributed by atoms with E-state index in [0.29, 0.717) is 19.4 Å². The second kappa shape index (κ2) is 4.20. The number of rotatable bonds is 2. The van der Waals surface area contributed by atoms with E-state index >= 15 is 0 Å². The van der Waals surface area contributed by atoms with Crippen molar-refractivity contribution in [1.82, 2.24) is 4.90 Å². The molecular formula is C9H12F3NO. The molecule has 0 saturated carbocycles. The molecule has 1 aliphatic rings. The van der Waals surface area contributed by atoms with Crippen molar-refractivity contribution in [1.29, 1.82) is 0 Å². The molecule has 0 bridgehead atoms. The predicted molar refractivity (Wildman–Crippen MR) is 45.5 cm³/mol. The van der Waals surface area contributed by atoms with E-state index in [-0.39, 0.29) is 6.54 Å². The van der Waals surface area contributed by atoms with E-state index in [9.17, 15) is 13.2 Å². The van der Waals surface area contributed by atoms with Gasteiger partial charge in [-0.25, -0.2) is 0 Å². The second-order valence-electron chi connectivity index (χ2n) is 3.37. The van der Waals surface area contributed by atoms with E-state index < -0.39 is 18.3 Å². The summed E-state index contributed by atoms with van der Waals surface area (Å²) in [6.45, 7) is 0.694. The van der Waals surface area contributed by atoms with Crippen LogP contribution >= 0.6 is 0 Å². The summed E-state index contributed by atoms with van der Waals surface area (Å²) in [5.74, 6) is 2.29. The first-order valence-corrected chi connectivity index (χ1v) is 4.39. The molecule has 80 valence electrons. The minimum absolute atomic E-state index is 0.164. The molecule has 1 rings (SSSR count). The fraction of sp³-hybridized carbons (Fsp3) is 0.778. The monoisotopic (exact) mass is 207 g/mol. The maximum Gasteiger partial charge on any atom is 0.415 e. The van der Waals surface area contributed by atoms with Crippen LogP contribution in [0.1, 0.15) is 12.8 Å². The zero-order chi connectivity index (χ0) is 10.8. The Morgan fingerprint density at radius 1 is 1.57 bits per heavy atom. The SMILES string of the molecule is C#CCN1CCCC1C(O)C(F)(F)F. The quantitative estimate of drug-likeness (QED) is 0.683. The number of terminal acetylenes is 1. The molecular weight excluding hydrogens is 195 g/mol. The first kappa shape index (κ1) is 11.3. The van der Waals surface area contributed by atoms with Crippen LogP contribution in [0.3, 0.4) is 0 Å². The highest BCUT2D eigenvalue weighted by atomic mass is 19.4. The maximum atomic E-state index is 12.2. The molecule has 1 N–H and O–H groups in total. The van der Waals surface area contributed by atoms with E-state index in [2.05, 4.69) is 5.92 Å². The summed E-state index contributed by atoms with van der Waals surface area (Å²) in [5.41, 5.74) is 0. The molecule has 0 aromatic rings. The zero-order valence-electron chi connectivity index (χ0n) is 7.59. The van der Waals surface area contributed by atoms with Gasteiger partial charge < -0.3 is 5.11 Å². The van der Waals surface area contributed by atoms with Gasteiger partial charge in [-0.1, -0.05) is 5.92 Å². The Hall–Kier alpha value is -0.730. The molecule has 0 aliphatic carbocycles. The van der Waals surface area contributed by atoms with Crippen molar-refractivity contribution in [3.63, 3.8) is 0 Å². The van der Waals surface area contributed by atoms with E-state index in [0.717, 1.165) is 0 Å². The Balaban J connectivity index is 2.63. The van der Waals surface area contributed by atoms with Gasteiger partial charge in [0.15, 0.2) is 6.10 Å². The maximum absolute atomic E-state index is 12.2. The third-order valence-electron chi connectivity index (χ3n) is 2.41. The Morgan fingerprint density at radius 3 is 2.71 bits per heavy atom. The van der Waals surface area contributed by atoms with E-state index in [4.69, 9.17) is 11.5 Å². The highest BCUT2D eigenvalue weighted by Crippen LogP contribution is 2.30. The first-order chi connectivity index (χ1) is 6.46. The topological polar surface area (TPSA) is 23.5 Å². The standard InChI is InChI=1S/C9H12F3NO/c1-2-5-13-6-3-4-7(13)8(14)9(10,11)12/h1,7-8,14H,3-6H2. The highest BCUT2D eigenvalue weighted by molar-refractivity contribution is 4.96. The van der Waals surface area contributed by atoms with E-state index in [1.807, 2.05) is 0 Å². The molecule has 0 radical (unpaired) electrons. The molecule has 5 heteroatoms. The summed E-state index contributed by atoms with van der Waals surface area (Å²) in [6, 6.07) is -0.869. The number of hydrogen-bond acceptors (Lipinski definition) is 2. The van der Waals surface area contributed by atoms with Crippen LogP contribution in [0.4, 0.5) is 13.2 Å². The average molecular weight is 207 g/mol. The van der Waals surface area contributed by atoms with Crippen molar-refractivity contribution in [2.24, 2.45) is 0 Å². The third kappa shape index (κ3) is 2.40. The number of halogens is 3. The first-order valence-electron chi connectivity index (χ1n) is 4.39. The predicted octanol–water partition coefficient (Wildman–Crippen LogP) is 1.01. The fourth-order valence-electron chi connectivity index (χ4n) is 1.74. The van der Waals surface area contributed by atoms with Crippen LogP contribution in [0.25, 0.3) is 0 Å². The van der Waals surface area contributed by atoms with Crippen molar-refractivity contribution in [3.8, 4) is 12.3 Å². The molecule has 0 spiro atoms. The molecule has 2 atom stereocenters. The molecule has 2 nitrogen and oxygen atoms in total. The van der Waals surface area contributed by atoms with Crippen molar-refractivity contribution in [2.75, 3.05) is 13.1 Å². The Bertz CT molecular complexity index is 233. The number of aliphatic hydroxyl groups excluding tert-OH is 1. The molecule has 1 fully saturated rings. The average Bonchev–Trinajstić information content (AvgIpc) is 2.50. The zero-order valence-corrected chi connectivity index (χ0v) is 7.59. The molecule has 2 unspecified atom stereocenters. The Labute approximate surface area is 80.7 Å². The van der Waals surface area contributed by atoms with E-state index in [1.165, 1.54) is 4.90 Å². The number of aliphatic hydroxyl groups is 1. The van der Waals surface area contributed by atoms with Crippen molar-refractivity contribution in [2.45, 2.75) is 31.2 Å². The van der Waals surface area contributed by atoms with Crippen molar-refractivity contribution in [3.05, 3.63) is 0 Å². The van der Waals surface area contributed by atoms with Crippen LogP contribution in [-0.4, -0.2) is 41.4 Å². The largest absolute Gasteiger partial charge is 0.415 e. The van der Waals surface area contributed by atoms with Crippen LogP contribution in [0.2, 0.25) is 0 Å². The van der Waals surface area contributed by atoms with Crippen molar-refractivity contribution >= 4 is 0 Å². The second-order valence-corrected chi connectivity index (χ2v) is 3.37. The minimum Gasteiger partial charge on any atom is -0.382 e. The minimum atomic E-state index is -4.55. The lowest BCUT2D eigenvalue weighted by Gasteiger charge is -2.28. The summed E-state index contributed by atoms with van der Waals surface area (Å²) < 4.78 is 36.6. The van der Waals surface area contributed by atoms with Gasteiger partial charge in [0.25, 0.3) is 0 Å². The summed E-state index contributed by atoms with van der Waals surface area (Å²) >= 11 is 0. The lowest BCUT2D eigenvalue weighted by molar-refractivity contribution is -0.218. The van der Waals surface area contributed by atoms with Gasteiger partial charge in [-0.2, -0.15) is 13.2 Å². The highest BCUT2D eigenvalue weighted by Gasteiger charge is 2.46. The summed E-state index contributed by atoms with van der Waals surface area (Å²) in [6.07, 6.45) is -0.806. The molecule has 1 saturated heterocycles. The number of likely N-dealkylation sites (tertiary alicyclic amines) is 1. The lowest BCUT2D eigenvalue weighted by Crippen LogP contribution is -2.47. The Morgan fingerprint density at radius 2 is 2.21 bits per heavy atom. The molecule has 0 aromatic heterocycles. The molecule has 14 heavy (non-hydrogen) atoms. The van der Waals surface area contributed by atoms with Crippen LogP contribution in [-0.2, 0) is 0 Å². The fourth-order valence-corrected chi connectivity index (χ4v) is 1.74. The third-order valence-corrected chi connectivity index (χ3v) is 2.41. The van der Waals surface area contributed by atoms with Crippen LogP contribution in [0.5, 0.6) is 0 Å².